The third-order valence-electron chi connectivity index (χ3n) is 3.40. The summed E-state index contributed by atoms with van der Waals surface area (Å²) in [5.41, 5.74) is 2.85. The van der Waals surface area contributed by atoms with E-state index in [1.165, 1.54) is 0 Å². The monoisotopic (exact) mass is 316 g/mol. The number of aryl methyl sites for hydroxylation is 2. The number of aliphatic hydroxyl groups is 1. The predicted octanol–water partition coefficient (Wildman–Crippen LogP) is 1.53. The Bertz CT molecular complexity index is 572. The summed E-state index contributed by atoms with van der Waals surface area (Å²) in [6, 6.07) is 9.48. The molecule has 6 nitrogen and oxygen atoms in total. The molecule has 2 rings (SSSR count). The first-order chi connectivity index (χ1) is 11.2. The van der Waals surface area contributed by atoms with E-state index in [9.17, 15) is 5.11 Å². The SMILES string of the molecule is Cc1ncnc(C)c1NCCNCC(O)COc1ccccc1. The zero-order valence-electron chi connectivity index (χ0n) is 13.6. The maximum Gasteiger partial charge on any atom is 0.119 e. The van der Waals surface area contributed by atoms with Gasteiger partial charge in [0.1, 0.15) is 24.8 Å². The fourth-order valence-electron chi connectivity index (χ4n) is 2.16. The van der Waals surface area contributed by atoms with Gasteiger partial charge in [-0.25, -0.2) is 9.97 Å². The number of ether oxygens (including phenoxy) is 1. The van der Waals surface area contributed by atoms with E-state index >= 15 is 0 Å². The van der Waals surface area contributed by atoms with Crippen molar-refractivity contribution in [1.29, 1.82) is 0 Å². The highest BCUT2D eigenvalue weighted by Gasteiger charge is 2.06. The van der Waals surface area contributed by atoms with Crippen LogP contribution in [0.25, 0.3) is 0 Å². The molecule has 1 atom stereocenters. The Balaban J connectivity index is 1.60. The van der Waals surface area contributed by atoms with Crippen LogP contribution in [0.1, 0.15) is 11.4 Å². The van der Waals surface area contributed by atoms with Gasteiger partial charge in [-0.15, -0.1) is 0 Å². The van der Waals surface area contributed by atoms with Gasteiger partial charge >= 0.3 is 0 Å². The van der Waals surface area contributed by atoms with Crippen molar-refractivity contribution in [3.05, 3.63) is 48.0 Å². The van der Waals surface area contributed by atoms with Crippen LogP contribution in [-0.2, 0) is 0 Å². The summed E-state index contributed by atoms with van der Waals surface area (Å²) < 4.78 is 5.50. The van der Waals surface area contributed by atoms with E-state index in [1.54, 1.807) is 6.33 Å². The van der Waals surface area contributed by atoms with Gasteiger partial charge in [0.15, 0.2) is 0 Å². The van der Waals surface area contributed by atoms with Crippen molar-refractivity contribution in [2.75, 3.05) is 31.6 Å². The van der Waals surface area contributed by atoms with Gasteiger partial charge in [0.05, 0.1) is 17.1 Å². The lowest BCUT2D eigenvalue weighted by Crippen LogP contribution is -2.34. The number of aromatic nitrogens is 2. The van der Waals surface area contributed by atoms with Crippen LogP contribution < -0.4 is 15.4 Å². The van der Waals surface area contributed by atoms with Gasteiger partial charge in [-0.3, -0.25) is 0 Å². The molecular formula is C17H24N4O2. The second-order valence-electron chi connectivity index (χ2n) is 5.33. The highest BCUT2D eigenvalue weighted by Crippen LogP contribution is 2.13. The van der Waals surface area contributed by atoms with Crippen LogP contribution in [-0.4, -0.2) is 47.4 Å². The first kappa shape index (κ1) is 17.2. The molecule has 0 amide bonds. The van der Waals surface area contributed by atoms with E-state index < -0.39 is 6.10 Å². The fraction of sp³-hybridized carbons (Fsp3) is 0.412. The molecule has 0 bridgehead atoms. The highest BCUT2D eigenvalue weighted by molar-refractivity contribution is 5.50. The molecule has 0 spiro atoms. The highest BCUT2D eigenvalue weighted by atomic mass is 16.5. The van der Waals surface area contributed by atoms with E-state index in [0.717, 1.165) is 35.9 Å². The first-order valence-corrected chi connectivity index (χ1v) is 7.75. The molecule has 0 aliphatic carbocycles. The van der Waals surface area contributed by atoms with Gasteiger partial charge < -0.3 is 20.5 Å². The number of rotatable bonds is 9. The summed E-state index contributed by atoms with van der Waals surface area (Å²) in [5.74, 6) is 0.767. The third-order valence-corrected chi connectivity index (χ3v) is 3.40. The molecule has 1 aromatic carbocycles. The largest absolute Gasteiger partial charge is 0.491 e. The van der Waals surface area contributed by atoms with Crippen molar-refractivity contribution in [3.63, 3.8) is 0 Å². The third kappa shape index (κ3) is 5.84. The fourth-order valence-corrected chi connectivity index (χ4v) is 2.16. The quantitative estimate of drug-likeness (QED) is 0.609. The second-order valence-corrected chi connectivity index (χ2v) is 5.33. The Morgan fingerprint density at radius 1 is 1.09 bits per heavy atom. The summed E-state index contributed by atoms with van der Waals surface area (Å²) >= 11 is 0. The van der Waals surface area contributed by atoms with Gasteiger partial charge in [-0.1, -0.05) is 18.2 Å². The molecule has 0 saturated carbocycles. The number of hydrogen-bond acceptors (Lipinski definition) is 6. The molecule has 124 valence electrons. The first-order valence-electron chi connectivity index (χ1n) is 7.75. The van der Waals surface area contributed by atoms with Crippen molar-refractivity contribution in [1.82, 2.24) is 15.3 Å². The van der Waals surface area contributed by atoms with Crippen LogP contribution in [0.4, 0.5) is 5.69 Å². The van der Waals surface area contributed by atoms with E-state index in [4.69, 9.17) is 4.74 Å². The molecule has 23 heavy (non-hydrogen) atoms. The van der Waals surface area contributed by atoms with E-state index in [0.29, 0.717) is 6.54 Å². The number of aliphatic hydroxyl groups excluding tert-OH is 1. The number of hydrogen-bond donors (Lipinski definition) is 3. The molecule has 6 heteroatoms. The Hall–Kier alpha value is -2.18. The van der Waals surface area contributed by atoms with Crippen LogP contribution in [0.2, 0.25) is 0 Å². The summed E-state index contributed by atoms with van der Waals surface area (Å²) in [5, 5.41) is 16.4. The average Bonchev–Trinajstić information content (AvgIpc) is 2.56. The Morgan fingerprint density at radius 2 is 1.78 bits per heavy atom. The van der Waals surface area contributed by atoms with E-state index in [-0.39, 0.29) is 6.61 Å². The van der Waals surface area contributed by atoms with E-state index in [2.05, 4.69) is 20.6 Å². The van der Waals surface area contributed by atoms with Gasteiger partial charge in [0.25, 0.3) is 0 Å². The minimum absolute atomic E-state index is 0.273. The molecule has 1 aromatic heterocycles. The summed E-state index contributed by atoms with van der Waals surface area (Å²) in [6.45, 7) is 6.13. The number of benzene rings is 1. The average molecular weight is 316 g/mol. The molecule has 3 N–H and O–H groups in total. The van der Waals surface area contributed by atoms with Crippen LogP contribution in [0, 0.1) is 13.8 Å². The maximum absolute atomic E-state index is 9.89. The minimum Gasteiger partial charge on any atom is -0.491 e. The van der Waals surface area contributed by atoms with Crippen molar-refractivity contribution in [3.8, 4) is 5.75 Å². The lowest BCUT2D eigenvalue weighted by Gasteiger charge is -2.14. The standard InChI is InChI=1S/C17H24N4O2/c1-13-17(14(2)21-12-20-13)19-9-8-18-10-15(22)11-23-16-6-4-3-5-7-16/h3-7,12,15,18-19,22H,8-11H2,1-2H3. The maximum atomic E-state index is 9.89. The lowest BCUT2D eigenvalue weighted by atomic mass is 10.3. The Kier molecular flexibility index (Phi) is 6.77. The Labute approximate surface area is 136 Å². The van der Waals surface area contributed by atoms with Gasteiger partial charge in [-0.2, -0.15) is 0 Å². The summed E-state index contributed by atoms with van der Waals surface area (Å²) in [4.78, 5) is 8.34. The number of para-hydroxylation sites is 1. The van der Waals surface area contributed by atoms with Crippen LogP contribution in [0.15, 0.2) is 36.7 Å². The zero-order chi connectivity index (χ0) is 16.5. The molecule has 0 fully saturated rings. The van der Waals surface area contributed by atoms with Gasteiger partial charge in [0.2, 0.25) is 0 Å². The lowest BCUT2D eigenvalue weighted by molar-refractivity contribution is 0.107. The molecule has 1 unspecified atom stereocenters. The van der Waals surface area contributed by atoms with Crippen LogP contribution >= 0.6 is 0 Å². The number of nitrogens with zero attached hydrogens (tertiary/aromatic N) is 2. The van der Waals surface area contributed by atoms with Crippen molar-refractivity contribution < 1.29 is 9.84 Å². The molecule has 0 aliphatic heterocycles. The molecule has 0 aliphatic rings. The summed E-state index contributed by atoms with van der Waals surface area (Å²) in [7, 11) is 0. The van der Waals surface area contributed by atoms with Crippen molar-refractivity contribution >= 4 is 5.69 Å². The molecule has 2 aromatic rings. The van der Waals surface area contributed by atoms with E-state index in [1.807, 2.05) is 44.2 Å². The smallest absolute Gasteiger partial charge is 0.119 e. The number of anilines is 1. The normalized spacial score (nSPS) is 12.0. The molecule has 0 radical (unpaired) electrons. The van der Waals surface area contributed by atoms with Crippen LogP contribution in [0.5, 0.6) is 5.75 Å². The molecule has 1 heterocycles. The zero-order valence-corrected chi connectivity index (χ0v) is 13.6. The van der Waals surface area contributed by atoms with Crippen LogP contribution in [0.3, 0.4) is 0 Å². The molecule has 0 saturated heterocycles. The van der Waals surface area contributed by atoms with Gasteiger partial charge in [-0.05, 0) is 26.0 Å². The minimum atomic E-state index is -0.543. The molecular weight excluding hydrogens is 292 g/mol. The number of nitrogens with one attached hydrogen (secondary N) is 2. The Morgan fingerprint density at radius 3 is 2.48 bits per heavy atom. The van der Waals surface area contributed by atoms with Crippen molar-refractivity contribution in [2.45, 2.75) is 20.0 Å². The topological polar surface area (TPSA) is 79.3 Å². The summed E-state index contributed by atoms with van der Waals surface area (Å²) in [6.07, 6.45) is 1.02. The van der Waals surface area contributed by atoms with Gasteiger partial charge in [0, 0.05) is 19.6 Å². The van der Waals surface area contributed by atoms with Crippen molar-refractivity contribution in [2.24, 2.45) is 0 Å². The predicted molar refractivity (Wildman–Crippen MR) is 90.8 cm³/mol. The second kappa shape index (κ2) is 9.07.